The summed E-state index contributed by atoms with van der Waals surface area (Å²) in [4.78, 5) is 24.8. The highest BCUT2D eigenvalue weighted by atomic mass is 16.5. The van der Waals surface area contributed by atoms with Crippen molar-refractivity contribution in [2.75, 3.05) is 33.4 Å². The molecule has 18 heavy (non-hydrogen) atoms. The lowest BCUT2D eigenvalue weighted by Crippen LogP contribution is -2.34. The maximum Gasteiger partial charge on any atom is 0.307 e. The highest BCUT2D eigenvalue weighted by Gasteiger charge is 2.14. The predicted octanol–water partition coefficient (Wildman–Crippen LogP) is 1.60. The molecule has 0 aromatic heterocycles. The largest absolute Gasteiger partial charge is 0.466 e. The zero-order valence-corrected chi connectivity index (χ0v) is 11.7. The van der Waals surface area contributed by atoms with E-state index in [1.807, 2.05) is 6.92 Å². The topological polar surface area (TPSA) is 55.8 Å². The normalized spacial score (nSPS) is 10.2. The lowest BCUT2D eigenvalue weighted by Gasteiger charge is -2.22. The Morgan fingerprint density at radius 2 is 1.83 bits per heavy atom. The summed E-state index contributed by atoms with van der Waals surface area (Å²) in [5.74, 6) is -0.156. The van der Waals surface area contributed by atoms with Crippen molar-refractivity contribution in [3.05, 3.63) is 0 Å². The number of carbonyl (C=O) groups excluding carboxylic acids is 2. The third kappa shape index (κ3) is 8.06. The Kier molecular flexibility index (Phi) is 10.3. The molecule has 0 aliphatic carbocycles. The van der Waals surface area contributed by atoms with E-state index in [2.05, 4.69) is 0 Å². The second kappa shape index (κ2) is 11.0. The first-order valence-electron chi connectivity index (χ1n) is 6.58. The molecule has 0 fully saturated rings. The van der Waals surface area contributed by atoms with E-state index < -0.39 is 0 Å². The van der Waals surface area contributed by atoms with Gasteiger partial charge in [-0.05, 0) is 19.8 Å². The molecule has 5 heteroatoms. The van der Waals surface area contributed by atoms with Crippen molar-refractivity contribution < 1.29 is 19.1 Å². The van der Waals surface area contributed by atoms with Crippen LogP contribution in [0.1, 0.15) is 39.5 Å². The Labute approximate surface area is 109 Å². The molecular formula is C13H25NO4. The molecule has 0 spiro atoms. The summed E-state index contributed by atoms with van der Waals surface area (Å²) in [6.07, 6.45) is 2.39. The molecule has 106 valence electrons. The van der Waals surface area contributed by atoms with E-state index in [0.29, 0.717) is 32.7 Å². The summed E-state index contributed by atoms with van der Waals surface area (Å²) >= 11 is 0. The minimum absolute atomic E-state index is 0.0953. The molecule has 0 aliphatic rings. The molecule has 0 saturated heterocycles. The lowest BCUT2D eigenvalue weighted by molar-refractivity contribution is -0.144. The standard InChI is InChI=1S/C13H25NO4/c1-4-7-12(15)14(9-6-11-17-3)10-8-13(16)18-5-2/h4-11H2,1-3H3. The van der Waals surface area contributed by atoms with Gasteiger partial charge in [0.25, 0.3) is 0 Å². The van der Waals surface area contributed by atoms with Gasteiger partial charge in [-0.2, -0.15) is 0 Å². The van der Waals surface area contributed by atoms with Gasteiger partial charge in [0.2, 0.25) is 5.91 Å². The molecule has 0 aliphatic heterocycles. The predicted molar refractivity (Wildman–Crippen MR) is 69.2 cm³/mol. The molecule has 0 atom stereocenters. The average Bonchev–Trinajstić information content (AvgIpc) is 2.34. The van der Waals surface area contributed by atoms with Gasteiger partial charge in [-0.1, -0.05) is 6.92 Å². The van der Waals surface area contributed by atoms with Crippen molar-refractivity contribution in [3.63, 3.8) is 0 Å². The van der Waals surface area contributed by atoms with Crippen LogP contribution in [0.2, 0.25) is 0 Å². The van der Waals surface area contributed by atoms with Crippen LogP contribution in [0.4, 0.5) is 0 Å². The Morgan fingerprint density at radius 3 is 2.39 bits per heavy atom. The van der Waals surface area contributed by atoms with E-state index in [0.717, 1.165) is 12.8 Å². The Bertz CT molecular complexity index is 243. The number of carbonyl (C=O) groups is 2. The van der Waals surface area contributed by atoms with Gasteiger partial charge in [-0.15, -0.1) is 0 Å². The summed E-state index contributed by atoms with van der Waals surface area (Å²) in [6.45, 7) is 5.81. The highest BCUT2D eigenvalue weighted by Crippen LogP contribution is 2.02. The van der Waals surface area contributed by atoms with Crippen LogP contribution in [0.25, 0.3) is 0 Å². The van der Waals surface area contributed by atoms with Crippen LogP contribution < -0.4 is 0 Å². The van der Waals surface area contributed by atoms with Gasteiger partial charge in [-0.3, -0.25) is 9.59 Å². The number of amides is 1. The van der Waals surface area contributed by atoms with Crippen LogP contribution in [0, 0.1) is 0 Å². The van der Waals surface area contributed by atoms with Crippen LogP contribution in [-0.2, 0) is 19.1 Å². The molecule has 0 rings (SSSR count). The summed E-state index contributed by atoms with van der Waals surface area (Å²) < 4.78 is 9.82. The van der Waals surface area contributed by atoms with E-state index in [9.17, 15) is 9.59 Å². The molecule has 0 N–H and O–H groups in total. The summed E-state index contributed by atoms with van der Waals surface area (Å²) in [7, 11) is 1.64. The van der Waals surface area contributed by atoms with Crippen LogP contribution in [0.15, 0.2) is 0 Å². The van der Waals surface area contributed by atoms with Gasteiger partial charge < -0.3 is 14.4 Å². The molecule has 0 heterocycles. The van der Waals surface area contributed by atoms with Crippen LogP contribution in [0.5, 0.6) is 0 Å². The van der Waals surface area contributed by atoms with E-state index in [4.69, 9.17) is 9.47 Å². The van der Waals surface area contributed by atoms with Crippen molar-refractivity contribution in [2.24, 2.45) is 0 Å². The number of hydrogen-bond donors (Lipinski definition) is 0. The summed E-state index contributed by atoms with van der Waals surface area (Å²) in [6, 6.07) is 0. The van der Waals surface area contributed by atoms with Crippen molar-refractivity contribution in [1.29, 1.82) is 0 Å². The number of esters is 1. The Hall–Kier alpha value is -1.10. The quantitative estimate of drug-likeness (QED) is 0.442. The maximum absolute atomic E-state index is 11.8. The number of hydrogen-bond acceptors (Lipinski definition) is 4. The van der Waals surface area contributed by atoms with E-state index in [-0.39, 0.29) is 18.3 Å². The van der Waals surface area contributed by atoms with Gasteiger partial charge >= 0.3 is 5.97 Å². The summed E-state index contributed by atoms with van der Waals surface area (Å²) in [5, 5.41) is 0. The number of methoxy groups -OCH3 is 1. The van der Waals surface area contributed by atoms with Gasteiger partial charge in [0.15, 0.2) is 0 Å². The smallest absolute Gasteiger partial charge is 0.307 e. The zero-order chi connectivity index (χ0) is 13.8. The lowest BCUT2D eigenvalue weighted by atomic mass is 10.2. The fourth-order valence-corrected chi connectivity index (χ4v) is 1.59. The molecular weight excluding hydrogens is 234 g/mol. The molecule has 0 bridgehead atoms. The van der Waals surface area contributed by atoms with E-state index in [1.54, 1.807) is 18.9 Å². The van der Waals surface area contributed by atoms with E-state index in [1.165, 1.54) is 0 Å². The van der Waals surface area contributed by atoms with Gasteiger partial charge in [0, 0.05) is 33.2 Å². The molecule has 0 unspecified atom stereocenters. The van der Waals surface area contributed by atoms with Gasteiger partial charge in [0.05, 0.1) is 13.0 Å². The molecule has 0 saturated carbocycles. The first-order valence-corrected chi connectivity index (χ1v) is 6.58. The van der Waals surface area contributed by atoms with Crippen LogP contribution >= 0.6 is 0 Å². The first-order chi connectivity index (χ1) is 8.65. The maximum atomic E-state index is 11.8. The van der Waals surface area contributed by atoms with Crippen LogP contribution in [0.3, 0.4) is 0 Å². The number of nitrogens with zero attached hydrogens (tertiary/aromatic N) is 1. The first kappa shape index (κ1) is 16.9. The average molecular weight is 259 g/mol. The van der Waals surface area contributed by atoms with Gasteiger partial charge in [0.1, 0.15) is 0 Å². The van der Waals surface area contributed by atoms with Crippen molar-refractivity contribution >= 4 is 11.9 Å². The molecule has 0 aromatic carbocycles. The Morgan fingerprint density at radius 1 is 1.11 bits per heavy atom. The summed E-state index contributed by atoms with van der Waals surface area (Å²) in [5.41, 5.74) is 0. The third-order valence-electron chi connectivity index (χ3n) is 2.48. The SMILES string of the molecule is CCCC(=O)N(CCCOC)CCC(=O)OCC. The molecule has 0 radical (unpaired) electrons. The minimum atomic E-state index is -0.251. The van der Waals surface area contributed by atoms with E-state index >= 15 is 0 Å². The molecule has 5 nitrogen and oxygen atoms in total. The fourth-order valence-electron chi connectivity index (χ4n) is 1.59. The number of rotatable bonds is 10. The van der Waals surface area contributed by atoms with Crippen molar-refractivity contribution in [3.8, 4) is 0 Å². The minimum Gasteiger partial charge on any atom is -0.466 e. The third-order valence-corrected chi connectivity index (χ3v) is 2.48. The molecule has 0 aromatic rings. The van der Waals surface area contributed by atoms with Gasteiger partial charge in [-0.25, -0.2) is 0 Å². The zero-order valence-electron chi connectivity index (χ0n) is 11.7. The van der Waals surface area contributed by atoms with Crippen LogP contribution in [-0.4, -0.2) is 50.2 Å². The number of ether oxygens (including phenoxy) is 2. The monoisotopic (exact) mass is 259 g/mol. The highest BCUT2D eigenvalue weighted by molar-refractivity contribution is 5.77. The second-order valence-electron chi connectivity index (χ2n) is 4.03. The fraction of sp³-hybridized carbons (Fsp3) is 0.846. The second-order valence-corrected chi connectivity index (χ2v) is 4.03. The van der Waals surface area contributed by atoms with Crippen molar-refractivity contribution in [1.82, 2.24) is 4.90 Å². The van der Waals surface area contributed by atoms with Crippen molar-refractivity contribution in [2.45, 2.75) is 39.5 Å². The molecule has 1 amide bonds. The Balaban J connectivity index is 4.10.